The summed E-state index contributed by atoms with van der Waals surface area (Å²) in [6.45, 7) is -0.0231. The van der Waals surface area contributed by atoms with Crippen molar-refractivity contribution in [3.8, 4) is 5.75 Å². The summed E-state index contributed by atoms with van der Waals surface area (Å²) >= 11 is 12.0. The quantitative estimate of drug-likeness (QED) is 0.566. The highest BCUT2D eigenvalue weighted by Crippen LogP contribution is 2.31. The van der Waals surface area contributed by atoms with Crippen molar-refractivity contribution in [2.24, 2.45) is 0 Å². The van der Waals surface area contributed by atoms with Crippen LogP contribution >= 0.6 is 23.2 Å². The highest BCUT2D eigenvalue weighted by molar-refractivity contribution is 7.92. The summed E-state index contributed by atoms with van der Waals surface area (Å²) in [5.41, 5.74) is 0.472. The second-order valence-corrected chi connectivity index (χ2v) is 8.91. The van der Waals surface area contributed by atoms with Crippen molar-refractivity contribution in [2.45, 2.75) is 19.2 Å². The standard InChI is InChI=1S/C18H17Cl2F3N2O4S/c1-30(27,28)25(16-11-12(19)4-9-15(16)20)10-2-3-17(26)24-13-5-7-14(8-6-13)29-18(21,22)23/h4-9,11H,2-3,10H2,1H3,(H,24,26). The molecule has 2 rings (SSSR count). The van der Waals surface area contributed by atoms with Crippen molar-refractivity contribution in [3.05, 3.63) is 52.5 Å². The molecule has 6 nitrogen and oxygen atoms in total. The molecule has 0 aliphatic carbocycles. The Balaban J connectivity index is 1.95. The molecule has 0 radical (unpaired) electrons. The first kappa shape index (κ1) is 24.1. The van der Waals surface area contributed by atoms with Crippen molar-refractivity contribution < 1.29 is 31.1 Å². The number of rotatable bonds is 8. The number of alkyl halides is 3. The number of ether oxygens (including phenoxy) is 1. The lowest BCUT2D eigenvalue weighted by molar-refractivity contribution is -0.274. The lowest BCUT2D eigenvalue weighted by Crippen LogP contribution is -2.31. The summed E-state index contributed by atoms with van der Waals surface area (Å²) in [6, 6.07) is 9.05. The zero-order valence-electron chi connectivity index (χ0n) is 15.5. The molecule has 0 saturated heterocycles. The van der Waals surface area contributed by atoms with Crippen molar-refractivity contribution in [1.29, 1.82) is 0 Å². The van der Waals surface area contributed by atoms with E-state index in [2.05, 4.69) is 10.1 Å². The Hall–Kier alpha value is -2.17. The number of benzene rings is 2. The van der Waals surface area contributed by atoms with Crippen molar-refractivity contribution in [1.82, 2.24) is 0 Å². The lowest BCUT2D eigenvalue weighted by atomic mass is 10.2. The number of nitrogens with zero attached hydrogens (tertiary/aromatic N) is 1. The van der Waals surface area contributed by atoms with Gasteiger partial charge in [0.25, 0.3) is 0 Å². The second kappa shape index (κ2) is 9.76. The molecule has 1 amide bonds. The van der Waals surface area contributed by atoms with Crippen LogP contribution in [-0.4, -0.2) is 33.5 Å². The van der Waals surface area contributed by atoms with Crippen LogP contribution in [0.3, 0.4) is 0 Å². The van der Waals surface area contributed by atoms with Gasteiger partial charge in [-0.15, -0.1) is 13.2 Å². The van der Waals surface area contributed by atoms with Gasteiger partial charge in [-0.2, -0.15) is 0 Å². The third kappa shape index (κ3) is 7.58. The molecule has 0 atom stereocenters. The average Bonchev–Trinajstić information content (AvgIpc) is 2.60. The number of halogens is 5. The number of carbonyl (C=O) groups is 1. The largest absolute Gasteiger partial charge is 0.573 e. The Morgan fingerprint density at radius 3 is 2.33 bits per heavy atom. The molecule has 0 saturated carbocycles. The maximum absolute atomic E-state index is 12.2. The Bertz CT molecular complexity index is 999. The normalized spacial score (nSPS) is 11.8. The van der Waals surface area contributed by atoms with Gasteiger partial charge in [-0.1, -0.05) is 23.2 Å². The van der Waals surface area contributed by atoms with E-state index in [-0.39, 0.29) is 35.8 Å². The van der Waals surface area contributed by atoms with Crippen LogP contribution in [0.2, 0.25) is 10.0 Å². The van der Waals surface area contributed by atoms with Gasteiger partial charge in [0.15, 0.2) is 0 Å². The average molecular weight is 485 g/mol. The van der Waals surface area contributed by atoms with E-state index in [0.717, 1.165) is 22.7 Å². The van der Waals surface area contributed by atoms with E-state index in [9.17, 15) is 26.4 Å². The Morgan fingerprint density at radius 1 is 1.13 bits per heavy atom. The zero-order chi connectivity index (χ0) is 22.5. The predicted molar refractivity (Wildman–Crippen MR) is 110 cm³/mol. The van der Waals surface area contributed by atoms with E-state index >= 15 is 0 Å². The van der Waals surface area contributed by atoms with E-state index in [0.29, 0.717) is 5.02 Å². The first-order chi connectivity index (χ1) is 13.8. The van der Waals surface area contributed by atoms with Crippen molar-refractivity contribution in [2.75, 3.05) is 22.4 Å². The number of hydrogen-bond donors (Lipinski definition) is 1. The Kier molecular flexibility index (Phi) is 7.84. The van der Waals surface area contributed by atoms with Gasteiger partial charge < -0.3 is 10.1 Å². The van der Waals surface area contributed by atoms with Gasteiger partial charge in [-0.05, 0) is 48.9 Å². The topological polar surface area (TPSA) is 75.7 Å². The number of anilines is 2. The Morgan fingerprint density at radius 2 is 1.77 bits per heavy atom. The molecule has 2 aromatic carbocycles. The van der Waals surface area contributed by atoms with E-state index in [1.165, 1.54) is 30.3 Å². The zero-order valence-corrected chi connectivity index (χ0v) is 17.9. The van der Waals surface area contributed by atoms with E-state index in [1.807, 2.05) is 0 Å². The van der Waals surface area contributed by atoms with Crippen molar-refractivity contribution in [3.63, 3.8) is 0 Å². The first-order valence-electron chi connectivity index (χ1n) is 8.43. The van der Waals surface area contributed by atoms with Crippen LogP contribution in [0.5, 0.6) is 5.75 Å². The molecule has 0 fully saturated rings. The van der Waals surface area contributed by atoms with Gasteiger partial charge in [-0.3, -0.25) is 9.10 Å². The fourth-order valence-corrected chi connectivity index (χ4v) is 3.89. The summed E-state index contributed by atoms with van der Waals surface area (Å²) in [6.07, 6.45) is -3.67. The van der Waals surface area contributed by atoms with Gasteiger partial charge in [-0.25, -0.2) is 8.42 Å². The molecule has 0 unspecified atom stereocenters. The highest BCUT2D eigenvalue weighted by atomic mass is 35.5. The van der Waals surface area contributed by atoms with Crippen LogP contribution in [0.4, 0.5) is 24.5 Å². The third-order valence-corrected chi connectivity index (χ3v) is 5.45. The van der Waals surface area contributed by atoms with Crippen LogP contribution in [0.25, 0.3) is 0 Å². The minimum Gasteiger partial charge on any atom is -0.406 e. The summed E-state index contributed by atoms with van der Waals surface area (Å²) in [5, 5.41) is 3.01. The van der Waals surface area contributed by atoms with Crippen LogP contribution in [0, 0.1) is 0 Å². The molecule has 2 aromatic rings. The minimum absolute atomic E-state index is 0.0231. The molecule has 0 heterocycles. The van der Waals surface area contributed by atoms with E-state index in [1.54, 1.807) is 0 Å². The maximum Gasteiger partial charge on any atom is 0.573 e. The molecule has 0 aliphatic rings. The molecule has 12 heteroatoms. The summed E-state index contributed by atoms with van der Waals surface area (Å²) < 4.78 is 65.5. The van der Waals surface area contributed by atoms with Crippen LogP contribution in [0.15, 0.2) is 42.5 Å². The van der Waals surface area contributed by atoms with Crippen molar-refractivity contribution >= 4 is 50.5 Å². The molecule has 0 bridgehead atoms. The molecule has 164 valence electrons. The van der Waals surface area contributed by atoms with E-state index in [4.69, 9.17) is 23.2 Å². The number of sulfonamides is 1. The number of nitrogens with one attached hydrogen (secondary N) is 1. The van der Waals surface area contributed by atoms with Gasteiger partial charge in [0, 0.05) is 23.7 Å². The van der Waals surface area contributed by atoms with Gasteiger partial charge >= 0.3 is 6.36 Å². The molecule has 1 N–H and O–H groups in total. The minimum atomic E-state index is -4.80. The third-order valence-electron chi connectivity index (χ3n) is 3.71. The fourth-order valence-electron chi connectivity index (χ4n) is 2.49. The fraction of sp³-hybridized carbons (Fsp3) is 0.278. The first-order valence-corrected chi connectivity index (χ1v) is 11.0. The smallest absolute Gasteiger partial charge is 0.406 e. The second-order valence-electron chi connectivity index (χ2n) is 6.15. The summed E-state index contributed by atoms with van der Waals surface area (Å²) in [7, 11) is -3.68. The number of hydrogen-bond acceptors (Lipinski definition) is 4. The maximum atomic E-state index is 12.2. The molecule has 0 spiro atoms. The highest BCUT2D eigenvalue weighted by Gasteiger charge is 2.31. The van der Waals surface area contributed by atoms with E-state index < -0.39 is 28.0 Å². The van der Waals surface area contributed by atoms with Crippen LogP contribution in [-0.2, 0) is 14.8 Å². The van der Waals surface area contributed by atoms with Crippen LogP contribution in [0.1, 0.15) is 12.8 Å². The molecule has 30 heavy (non-hydrogen) atoms. The molecule has 0 aromatic heterocycles. The SMILES string of the molecule is CS(=O)(=O)N(CCCC(=O)Nc1ccc(OC(F)(F)F)cc1)c1cc(Cl)ccc1Cl. The van der Waals surface area contributed by atoms with Gasteiger partial charge in [0.05, 0.1) is 17.0 Å². The van der Waals surface area contributed by atoms with Gasteiger partial charge in [0.1, 0.15) is 5.75 Å². The number of carbonyl (C=O) groups excluding carboxylic acids is 1. The van der Waals surface area contributed by atoms with Gasteiger partial charge in [0.2, 0.25) is 15.9 Å². The Labute approximate surface area is 181 Å². The molecule has 0 aliphatic heterocycles. The summed E-state index contributed by atoms with van der Waals surface area (Å²) in [5.74, 6) is -0.854. The lowest BCUT2D eigenvalue weighted by Gasteiger charge is -2.23. The monoisotopic (exact) mass is 484 g/mol. The predicted octanol–water partition coefficient (Wildman–Crippen LogP) is 5.08. The molecular formula is C18H17Cl2F3N2O4S. The van der Waals surface area contributed by atoms with Crippen LogP contribution < -0.4 is 14.4 Å². The molecular weight excluding hydrogens is 468 g/mol. The summed E-state index contributed by atoms with van der Waals surface area (Å²) in [4.78, 5) is 12.1. The number of amides is 1.